The summed E-state index contributed by atoms with van der Waals surface area (Å²) in [5.74, 6) is 0.648. The first-order valence-electron chi connectivity index (χ1n) is 5.72. The highest BCUT2D eigenvalue weighted by molar-refractivity contribution is 6.28. The average molecular weight is 263 g/mol. The molecule has 92 valence electrons. The van der Waals surface area contributed by atoms with Gasteiger partial charge in [0, 0.05) is 11.3 Å². The van der Waals surface area contributed by atoms with Gasteiger partial charge < -0.3 is 0 Å². The molecular formula is C12H11ClN4O. The van der Waals surface area contributed by atoms with Crippen LogP contribution >= 0.6 is 11.6 Å². The zero-order valence-electron chi connectivity index (χ0n) is 9.48. The lowest BCUT2D eigenvalue weighted by molar-refractivity contribution is -0.121. The molecule has 1 aliphatic carbocycles. The maximum Gasteiger partial charge on any atom is 0.241 e. The Morgan fingerprint density at radius 2 is 2.06 bits per heavy atom. The number of hydrazine groups is 1. The van der Waals surface area contributed by atoms with Crippen molar-refractivity contribution in [2.45, 2.75) is 12.8 Å². The number of benzene rings is 1. The van der Waals surface area contributed by atoms with Gasteiger partial charge in [0.15, 0.2) is 5.82 Å². The molecule has 1 aromatic heterocycles. The number of para-hydroxylation sites is 1. The number of aromatic nitrogens is 2. The van der Waals surface area contributed by atoms with E-state index in [1.807, 2.05) is 24.3 Å². The zero-order chi connectivity index (χ0) is 12.5. The minimum Gasteiger partial charge on any atom is -0.281 e. The molecule has 2 N–H and O–H groups in total. The third-order valence-corrected chi connectivity index (χ3v) is 3.00. The Kier molecular flexibility index (Phi) is 2.76. The van der Waals surface area contributed by atoms with Crippen molar-refractivity contribution in [3.8, 4) is 0 Å². The number of hydrogen-bond acceptors (Lipinski definition) is 4. The van der Waals surface area contributed by atoms with Crippen LogP contribution in [0.4, 0.5) is 5.82 Å². The van der Waals surface area contributed by atoms with Gasteiger partial charge in [-0.15, -0.1) is 0 Å². The van der Waals surface area contributed by atoms with E-state index in [0.717, 1.165) is 23.7 Å². The van der Waals surface area contributed by atoms with Gasteiger partial charge in [-0.05, 0) is 36.6 Å². The van der Waals surface area contributed by atoms with Gasteiger partial charge in [-0.2, -0.15) is 4.98 Å². The molecule has 0 bridgehead atoms. The number of carbonyl (C=O) groups is 1. The van der Waals surface area contributed by atoms with Gasteiger partial charge in [0.05, 0.1) is 5.52 Å². The Morgan fingerprint density at radius 3 is 2.83 bits per heavy atom. The molecule has 0 aliphatic heterocycles. The molecular weight excluding hydrogens is 252 g/mol. The Morgan fingerprint density at radius 1 is 1.28 bits per heavy atom. The summed E-state index contributed by atoms with van der Waals surface area (Å²) in [5, 5.41) is 0.967. The minimum absolute atomic E-state index is 0.00573. The van der Waals surface area contributed by atoms with E-state index in [4.69, 9.17) is 11.6 Å². The maximum atomic E-state index is 11.5. The minimum atomic E-state index is -0.00573. The van der Waals surface area contributed by atoms with Crippen LogP contribution in [0.2, 0.25) is 5.28 Å². The predicted octanol–water partition coefficient (Wildman–Crippen LogP) is 2.14. The number of anilines is 1. The van der Waals surface area contributed by atoms with Crippen molar-refractivity contribution in [2.24, 2.45) is 5.92 Å². The number of halogens is 1. The molecule has 18 heavy (non-hydrogen) atoms. The third-order valence-electron chi connectivity index (χ3n) is 2.83. The predicted molar refractivity (Wildman–Crippen MR) is 69.0 cm³/mol. The summed E-state index contributed by atoms with van der Waals surface area (Å²) in [7, 11) is 0. The largest absolute Gasteiger partial charge is 0.281 e. The summed E-state index contributed by atoms with van der Waals surface area (Å²) in [4.78, 5) is 19.7. The Labute approximate surface area is 109 Å². The molecule has 1 amide bonds. The topological polar surface area (TPSA) is 66.9 Å². The molecule has 5 nitrogen and oxygen atoms in total. The lowest BCUT2D eigenvalue weighted by Crippen LogP contribution is -2.31. The van der Waals surface area contributed by atoms with Crippen molar-refractivity contribution in [3.05, 3.63) is 29.5 Å². The summed E-state index contributed by atoms with van der Waals surface area (Å²) >= 11 is 5.84. The van der Waals surface area contributed by atoms with E-state index in [1.165, 1.54) is 0 Å². The molecule has 1 fully saturated rings. The van der Waals surface area contributed by atoms with Crippen LogP contribution in [0.15, 0.2) is 24.3 Å². The van der Waals surface area contributed by atoms with Gasteiger partial charge in [-0.3, -0.25) is 15.6 Å². The number of nitrogens with one attached hydrogen (secondary N) is 2. The van der Waals surface area contributed by atoms with Crippen molar-refractivity contribution in [3.63, 3.8) is 0 Å². The zero-order valence-corrected chi connectivity index (χ0v) is 10.2. The standard InChI is InChI=1S/C12H11ClN4O/c13-12-14-9-4-2-1-3-8(9)10(15-12)16-17-11(18)7-5-6-7/h1-4,7H,5-6H2,(H,17,18)(H,14,15,16). The van der Waals surface area contributed by atoms with Gasteiger partial charge in [0.2, 0.25) is 11.2 Å². The third kappa shape index (κ3) is 2.22. The summed E-state index contributed by atoms with van der Waals surface area (Å²) in [6.45, 7) is 0. The first-order valence-corrected chi connectivity index (χ1v) is 6.10. The second-order valence-electron chi connectivity index (χ2n) is 4.25. The van der Waals surface area contributed by atoms with Gasteiger partial charge >= 0.3 is 0 Å². The van der Waals surface area contributed by atoms with Crippen molar-refractivity contribution in [1.29, 1.82) is 0 Å². The van der Waals surface area contributed by atoms with E-state index in [0.29, 0.717) is 5.82 Å². The fourth-order valence-corrected chi connectivity index (χ4v) is 1.89. The van der Waals surface area contributed by atoms with Crippen LogP contribution in [0.5, 0.6) is 0 Å². The molecule has 0 atom stereocenters. The van der Waals surface area contributed by atoms with Crippen LogP contribution in [0.25, 0.3) is 10.9 Å². The number of amides is 1. The lowest BCUT2D eigenvalue weighted by Gasteiger charge is -2.09. The average Bonchev–Trinajstić information content (AvgIpc) is 3.19. The number of nitrogens with zero attached hydrogens (tertiary/aromatic N) is 2. The van der Waals surface area contributed by atoms with E-state index < -0.39 is 0 Å². The Bertz CT molecular complexity index is 612. The smallest absolute Gasteiger partial charge is 0.241 e. The molecule has 1 saturated carbocycles. The summed E-state index contributed by atoms with van der Waals surface area (Å²) in [5.41, 5.74) is 6.19. The molecule has 1 heterocycles. The fourth-order valence-electron chi connectivity index (χ4n) is 1.71. The van der Waals surface area contributed by atoms with E-state index in [-0.39, 0.29) is 17.1 Å². The van der Waals surface area contributed by atoms with Crippen molar-refractivity contribution in [2.75, 3.05) is 5.43 Å². The van der Waals surface area contributed by atoms with E-state index in [2.05, 4.69) is 20.8 Å². The van der Waals surface area contributed by atoms with Crippen molar-refractivity contribution in [1.82, 2.24) is 15.4 Å². The van der Waals surface area contributed by atoms with E-state index >= 15 is 0 Å². The van der Waals surface area contributed by atoms with Crippen LogP contribution in [0, 0.1) is 5.92 Å². The fraction of sp³-hybridized carbons (Fsp3) is 0.250. The van der Waals surface area contributed by atoms with Crippen LogP contribution < -0.4 is 10.9 Å². The first kappa shape index (κ1) is 11.2. The Hall–Kier alpha value is -1.88. The SMILES string of the molecule is O=C(NNc1nc(Cl)nc2ccccc12)C1CC1. The normalized spacial score (nSPS) is 14.5. The van der Waals surface area contributed by atoms with Crippen LogP contribution in [-0.2, 0) is 4.79 Å². The number of rotatable bonds is 3. The van der Waals surface area contributed by atoms with E-state index in [1.54, 1.807) is 0 Å². The molecule has 3 rings (SSSR count). The van der Waals surface area contributed by atoms with Crippen LogP contribution in [0.1, 0.15) is 12.8 Å². The quantitative estimate of drug-likeness (QED) is 0.657. The number of carbonyl (C=O) groups excluding carboxylic acids is 1. The second kappa shape index (κ2) is 4.42. The summed E-state index contributed by atoms with van der Waals surface area (Å²) in [6.07, 6.45) is 1.91. The highest BCUT2D eigenvalue weighted by Crippen LogP contribution is 2.29. The molecule has 0 saturated heterocycles. The molecule has 0 unspecified atom stereocenters. The summed E-state index contributed by atoms with van der Waals surface area (Å²) < 4.78 is 0. The molecule has 6 heteroatoms. The monoisotopic (exact) mass is 262 g/mol. The Balaban J connectivity index is 1.87. The van der Waals surface area contributed by atoms with Gasteiger partial charge in [0.1, 0.15) is 0 Å². The molecule has 0 radical (unpaired) electrons. The lowest BCUT2D eigenvalue weighted by atomic mass is 10.2. The molecule has 2 aromatic rings. The van der Waals surface area contributed by atoms with E-state index in [9.17, 15) is 4.79 Å². The van der Waals surface area contributed by atoms with Crippen molar-refractivity contribution >= 4 is 34.2 Å². The molecule has 1 aromatic carbocycles. The number of fused-ring (bicyclic) bond motifs is 1. The number of hydrogen-bond donors (Lipinski definition) is 2. The van der Waals surface area contributed by atoms with Gasteiger partial charge in [-0.25, -0.2) is 4.98 Å². The molecule has 0 spiro atoms. The molecule has 1 aliphatic rings. The highest BCUT2D eigenvalue weighted by atomic mass is 35.5. The first-order chi connectivity index (χ1) is 8.74. The maximum absolute atomic E-state index is 11.5. The second-order valence-corrected chi connectivity index (χ2v) is 4.58. The van der Waals surface area contributed by atoms with Gasteiger partial charge in [-0.1, -0.05) is 12.1 Å². The van der Waals surface area contributed by atoms with Crippen LogP contribution in [0.3, 0.4) is 0 Å². The summed E-state index contributed by atoms with van der Waals surface area (Å²) in [6, 6.07) is 7.47. The highest BCUT2D eigenvalue weighted by Gasteiger charge is 2.29. The van der Waals surface area contributed by atoms with Crippen molar-refractivity contribution < 1.29 is 4.79 Å². The van der Waals surface area contributed by atoms with Crippen LogP contribution in [-0.4, -0.2) is 15.9 Å². The van der Waals surface area contributed by atoms with Gasteiger partial charge in [0.25, 0.3) is 0 Å².